The van der Waals surface area contributed by atoms with Crippen LogP contribution in [0.4, 0.5) is 0 Å². The summed E-state index contributed by atoms with van der Waals surface area (Å²) in [6.45, 7) is 4.92. The van der Waals surface area contributed by atoms with Gasteiger partial charge < -0.3 is 44.1 Å². The van der Waals surface area contributed by atoms with Crippen LogP contribution in [0.15, 0.2) is 0 Å². The van der Waals surface area contributed by atoms with Crippen LogP contribution in [0.2, 0.25) is 0 Å². The normalized spacial score (nSPS) is 24.1. The van der Waals surface area contributed by atoms with Crippen molar-refractivity contribution in [2.45, 2.75) is 128 Å². The van der Waals surface area contributed by atoms with Crippen molar-refractivity contribution >= 4 is 0 Å². The van der Waals surface area contributed by atoms with Gasteiger partial charge in [0.25, 0.3) is 0 Å². The van der Waals surface area contributed by atoms with Gasteiger partial charge in [0.05, 0.1) is 46.2 Å². The SMILES string of the molecule is CCCCCCCCCCCCCCCCOCCOCCOCCO[C@H]1O[C@H](CO)[C@@H](O)[C@H](O)[C@@H]1O. The summed E-state index contributed by atoms with van der Waals surface area (Å²) in [5, 5.41) is 38.5. The summed E-state index contributed by atoms with van der Waals surface area (Å²) in [7, 11) is 0. The van der Waals surface area contributed by atoms with Crippen LogP contribution in [-0.2, 0) is 23.7 Å². The number of hydrogen-bond acceptors (Lipinski definition) is 9. The molecule has 1 aliphatic heterocycles. The number of rotatable bonds is 26. The van der Waals surface area contributed by atoms with E-state index in [1.165, 1.54) is 83.5 Å². The van der Waals surface area contributed by atoms with Crippen molar-refractivity contribution in [1.29, 1.82) is 0 Å². The number of hydrogen-bond donors (Lipinski definition) is 4. The molecule has 0 radical (unpaired) electrons. The Hall–Kier alpha value is -0.360. The minimum Gasteiger partial charge on any atom is -0.394 e. The molecule has 37 heavy (non-hydrogen) atoms. The van der Waals surface area contributed by atoms with E-state index < -0.39 is 37.3 Å². The van der Waals surface area contributed by atoms with Crippen LogP contribution in [0.3, 0.4) is 0 Å². The van der Waals surface area contributed by atoms with E-state index in [1.54, 1.807) is 0 Å². The maximum atomic E-state index is 9.89. The first-order valence-corrected chi connectivity index (χ1v) is 14.8. The van der Waals surface area contributed by atoms with Gasteiger partial charge in [-0.05, 0) is 6.42 Å². The molecule has 4 N–H and O–H groups in total. The minimum atomic E-state index is -1.44. The smallest absolute Gasteiger partial charge is 0.186 e. The molecule has 1 saturated heterocycles. The molecule has 0 spiro atoms. The lowest BCUT2D eigenvalue weighted by atomic mass is 9.99. The Morgan fingerprint density at radius 1 is 0.514 bits per heavy atom. The summed E-state index contributed by atoms with van der Waals surface area (Å²) in [6.07, 6.45) is 12.6. The maximum Gasteiger partial charge on any atom is 0.186 e. The molecular weight excluding hydrogens is 480 g/mol. The molecule has 9 heteroatoms. The lowest BCUT2D eigenvalue weighted by molar-refractivity contribution is -0.302. The first-order valence-electron chi connectivity index (χ1n) is 14.8. The van der Waals surface area contributed by atoms with Crippen molar-refractivity contribution < 1.29 is 44.1 Å². The molecule has 1 rings (SSSR count). The van der Waals surface area contributed by atoms with E-state index in [0.29, 0.717) is 26.4 Å². The van der Waals surface area contributed by atoms with Crippen molar-refractivity contribution in [2.24, 2.45) is 0 Å². The second-order valence-corrected chi connectivity index (χ2v) is 10.0. The summed E-state index contributed by atoms with van der Waals surface area (Å²) in [6, 6.07) is 0. The second kappa shape index (κ2) is 24.7. The summed E-state index contributed by atoms with van der Waals surface area (Å²) in [5.41, 5.74) is 0. The Balaban J connectivity index is 1.75. The zero-order valence-corrected chi connectivity index (χ0v) is 23.3. The highest BCUT2D eigenvalue weighted by Crippen LogP contribution is 2.21. The van der Waals surface area contributed by atoms with Gasteiger partial charge in [0.15, 0.2) is 6.29 Å². The molecule has 0 bridgehead atoms. The molecule has 0 amide bonds. The van der Waals surface area contributed by atoms with Crippen molar-refractivity contribution in [3.63, 3.8) is 0 Å². The van der Waals surface area contributed by atoms with Crippen LogP contribution in [0, 0.1) is 0 Å². The molecule has 1 heterocycles. The Labute approximate surface area is 224 Å². The van der Waals surface area contributed by atoms with E-state index in [4.69, 9.17) is 28.8 Å². The quantitative estimate of drug-likeness (QED) is 0.123. The fraction of sp³-hybridized carbons (Fsp3) is 1.00. The molecular formula is C28H56O9. The fourth-order valence-electron chi connectivity index (χ4n) is 4.37. The Bertz CT molecular complexity index is 481. The maximum absolute atomic E-state index is 9.89. The fourth-order valence-corrected chi connectivity index (χ4v) is 4.37. The first kappa shape index (κ1) is 34.7. The van der Waals surface area contributed by atoms with Crippen LogP contribution < -0.4 is 0 Å². The van der Waals surface area contributed by atoms with Crippen molar-refractivity contribution in [2.75, 3.05) is 52.9 Å². The van der Waals surface area contributed by atoms with Crippen LogP contribution in [0.25, 0.3) is 0 Å². The predicted octanol–water partition coefficient (Wildman–Crippen LogP) is 3.33. The largest absolute Gasteiger partial charge is 0.394 e. The average molecular weight is 537 g/mol. The van der Waals surface area contributed by atoms with Gasteiger partial charge in [0, 0.05) is 6.61 Å². The van der Waals surface area contributed by atoms with Gasteiger partial charge in [-0.25, -0.2) is 0 Å². The molecule has 0 aliphatic carbocycles. The lowest BCUT2D eigenvalue weighted by Crippen LogP contribution is -2.59. The number of aliphatic hydroxyl groups is 4. The molecule has 5 atom stereocenters. The molecule has 1 aliphatic rings. The van der Waals surface area contributed by atoms with Crippen molar-refractivity contribution in [3.8, 4) is 0 Å². The topological polar surface area (TPSA) is 127 Å². The van der Waals surface area contributed by atoms with E-state index in [-0.39, 0.29) is 13.2 Å². The van der Waals surface area contributed by atoms with Gasteiger partial charge in [-0.3, -0.25) is 0 Å². The van der Waals surface area contributed by atoms with Crippen LogP contribution in [0.1, 0.15) is 96.8 Å². The Morgan fingerprint density at radius 3 is 1.43 bits per heavy atom. The predicted molar refractivity (Wildman–Crippen MR) is 142 cm³/mol. The Kier molecular flexibility index (Phi) is 23.1. The van der Waals surface area contributed by atoms with E-state index >= 15 is 0 Å². The molecule has 0 saturated carbocycles. The second-order valence-electron chi connectivity index (χ2n) is 10.0. The number of unbranched alkanes of at least 4 members (excludes halogenated alkanes) is 13. The van der Waals surface area contributed by atoms with E-state index in [2.05, 4.69) is 6.92 Å². The van der Waals surface area contributed by atoms with Crippen LogP contribution in [0.5, 0.6) is 0 Å². The van der Waals surface area contributed by atoms with Crippen LogP contribution in [-0.4, -0.2) is 104 Å². The van der Waals surface area contributed by atoms with Crippen LogP contribution >= 0.6 is 0 Å². The van der Waals surface area contributed by atoms with Gasteiger partial charge in [0.1, 0.15) is 24.4 Å². The van der Waals surface area contributed by atoms with Gasteiger partial charge in [0.2, 0.25) is 0 Å². The number of aliphatic hydroxyl groups excluding tert-OH is 4. The third kappa shape index (κ3) is 17.8. The highest BCUT2D eigenvalue weighted by atomic mass is 16.7. The molecule has 0 aromatic rings. The molecule has 0 unspecified atom stereocenters. The summed E-state index contributed by atoms with van der Waals surface area (Å²) >= 11 is 0. The Morgan fingerprint density at radius 2 is 0.946 bits per heavy atom. The molecule has 0 aromatic heterocycles. The summed E-state index contributed by atoms with van der Waals surface area (Å²) in [4.78, 5) is 0. The summed E-state index contributed by atoms with van der Waals surface area (Å²) in [5.74, 6) is 0. The van der Waals surface area contributed by atoms with Crippen molar-refractivity contribution in [3.05, 3.63) is 0 Å². The zero-order chi connectivity index (χ0) is 27.0. The molecule has 1 fully saturated rings. The van der Waals surface area contributed by atoms with E-state index in [9.17, 15) is 15.3 Å². The van der Waals surface area contributed by atoms with Gasteiger partial charge in [-0.2, -0.15) is 0 Å². The van der Waals surface area contributed by atoms with Gasteiger partial charge in [-0.1, -0.05) is 90.4 Å². The van der Waals surface area contributed by atoms with Gasteiger partial charge in [-0.15, -0.1) is 0 Å². The molecule has 0 aromatic carbocycles. The van der Waals surface area contributed by atoms with Gasteiger partial charge >= 0.3 is 0 Å². The highest BCUT2D eigenvalue weighted by Gasteiger charge is 2.43. The summed E-state index contributed by atoms with van der Waals surface area (Å²) < 4.78 is 27.1. The lowest BCUT2D eigenvalue weighted by Gasteiger charge is -2.39. The van der Waals surface area contributed by atoms with E-state index in [0.717, 1.165) is 13.0 Å². The molecule has 9 nitrogen and oxygen atoms in total. The monoisotopic (exact) mass is 536 g/mol. The minimum absolute atomic E-state index is 0.130. The zero-order valence-electron chi connectivity index (χ0n) is 23.3. The molecule has 222 valence electrons. The van der Waals surface area contributed by atoms with Crippen molar-refractivity contribution in [1.82, 2.24) is 0 Å². The number of ether oxygens (including phenoxy) is 5. The first-order chi connectivity index (χ1) is 18.1. The third-order valence-electron chi connectivity index (χ3n) is 6.74. The van der Waals surface area contributed by atoms with E-state index in [1.807, 2.05) is 0 Å². The average Bonchev–Trinajstić information content (AvgIpc) is 2.91. The standard InChI is InChI=1S/C28H56O9/c1-2-3-4-5-6-7-8-9-10-11-12-13-14-15-16-33-17-18-34-19-20-35-21-22-36-28-27(32)26(31)25(30)24(23-29)37-28/h24-32H,2-23H2,1H3/t24-,25-,26+,27+,28+/m1/s1. The third-order valence-corrected chi connectivity index (χ3v) is 6.74. The highest BCUT2D eigenvalue weighted by molar-refractivity contribution is 4.88.